The van der Waals surface area contributed by atoms with Gasteiger partial charge in [0.15, 0.2) is 4.34 Å². The summed E-state index contributed by atoms with van der Waals surface area (Å²) in [5, 5.41) is 39.8. The fraction of sp³-hybridized carbons (Fsp3) is 0.850. The molecule has 2 saturated heterocycles. The van der Waals surface area contributed by atoms with Crippen LogP contribution in [0.15, 0.2) is 4.34 Å². The second-order valence-corrected chi connectivity index (χ2v) is 12.9. The van der Waals surface area contributed by atoms with Gasteiger partial charge in [-0.3, -0.25) is 0 Å². The van der Waals surface area contributed by atoms with Crippen molar-refractivity contribution >= 4 is 46.1 Å². The van der Waals surface area contributed by atoms with Gasteiger partial charge in [0.1, 0.15) is 35.5 Å². The number of carbonyl (C=O) groups excluding carboxylic acids is 1. The molecule has 3 unspecified atom stereocenters. The first-order valence-corrected chi connectivity index (χ1v) is 14.1. The number of piperazine rings is 1. The smallest absolute Gasteiger partial charge is 0.410 e. The molecule has 0 aromatic carbocycles. The predicted molar refractivity (Wildman–Crippen MR) is 133 cm³/mol. The Balaban J connectivity index is 1.54. The number of rotatable bonds is 6. The van der Waals surface area contributed by atoms with Gasteiger partial charge in [-0.2, -0.15) is 0 Å². The van der Waals surface area contributed by atoms with E-state index in [1.807, 2.05) is 27.7 Å². The van der Waals surface area contributed by atoms with Gasteiger partial charge < -0.3 is 40.3 Å². The Morgan fingerprint density at radius 3 is 2.41 bits per heavy atom. The quantitative estimate of drug-likeness (QED) is 0.375. The van der Waals surface area contributed by atoms with E-state index in [0.29, 0.717) is 26.2 Å². The summed E-state index contributed by atoms with van der Waals surface area (Å²) in [5.41, 5.74) is 5.19. The molecule has 194 valence electrons. The van der Waals surface area contributed by atoms with E-state index in [4.69, 9.17) is 15.2 Å². The monoisotopic (exact) mass is 537 g/mol. The van der Waals surface area contributed by atoms with Crippen molar-refractivity contribution in [2.24, 2.45) is 5.73 Å². The van der Waals surface area contributed by atoms with Crippen LogP contribution in [0.3, 0.4) is 0 Å². The lowest BCUT2D eigenvalue weighted by Crippen LogP contribution is -2.62. The maximum absolute atomic E-state index is 12.3. The highest BCUT2D eigenvalue weighted by Gasteiger charge is 2.46. The van der Waals surface area contributed by atoms with E-state index in [-0.39, 0.29) is 11.3 Å². The number of nitrogens with two attached hydrogens (primary N) is 1. The highest BCUT2D eigenvalue weighted by Crippen LogP contribution is 2.35. The Kier molecular flexibility index (Phi) is 9.34. The van der Waals surface area contributed by atoms with E-state index in [0.717, 1.165) is 9.47 Å². The molecule has 14 heteroatoms. The lowest BCUT2D eigenvalue weighted by molar-refractivity contribution is -0.202. The number of anilines is 1. The summed E-state index contributed by atoms with van der Waals surface area (Å²) in [5.74, 6) is 0. The topological polar surface area (TPSA) is 154 Å². The van der Waals surface area contributed by atoms with Crippen LogP contribution in [0.5, 0.6) is 0 Å². The van der Waals surface area contributed by atoms with E-state index in [9.17, 15) is 20.1 Å². The third-order valence-corrected chi connectivity index (χ3v) is 8.79. The molecule has 3 heterocycles. The number of nitrogens with zero attached hydrogens (tertiary/aromatic N) is 4. The summed E-state index contributed by atoms with van der Waals surface area (Å²) < 4.78 is 12.0. The maximum atomic E-state index is 12.3. The third-order valence-electron chi connectivity index (χ3n) is 5.64. The SMILES string of the molecule is CSC1O[C@H]([C@H](N)[C@H](C)Sc2nnc(N3CCN(C(=O)OC(C)(C)C)CC3)s2)C(O)C(O)[C@H]1O. The summed E-state index contributed by atoms with van der Waals surface area (Å²) in [6.45, 7) is 9.79. The summed E-state index contributed by atoms with van der Waals surface area (Å²) in [6.07, 6.45) is -3.18. The molecule has 0 aliphatic carbocycles. The first-order valence-electron chi connectivity index (χ1n) is 11.1. The number of aromatic nitrogens is 2. The van der Waals surface area contributed by atoms with Gasteiger partial charge in [0, 0.05) is 37.5 Å². The van der Waals surface area contributed by atoms with Crippen molar-refractivity contribution in [3.8, 4) is 0 Å². The molecule has 2 fully saturated rings. The first kappa shape index (κ1) is 27.7. The van der Waals surface area contributed by atoms with E-state index >= 15 is 0 Å². The molecule has 7 atom stereocenters. The predicted octanol–water partition coefficient (Wildman–Crippen LogP) is 0.574. The van der Waals surface area contributed by atoms with Gasteiger partial charge in [-0.05, 0) is 27.0 Å². The van der Waals surface area contributed by atoms with E-state index in [2.05, 4.69) is 15.1 Å². The second-order valence-electron chi connectivity index (χ2n) is 9.38. The molecule has 3 rings (SSSR count). The normalized spacial score (nSPS) is 30.2. The number of carbonyl (C=O) groups is 1. The van der Waals surface area contributed by atoms with Gasteiger partial charge in [-0.25, -0.2) is 4.79 Å². The zero-order chi connectivity index (χ0) is 25.2. The van der Waals surface area contributed by atoms with Gasteiger partial charge in [-0.1, -0.05) is 30.0 Å². The molecule has 1 amide bonds. The lowest BCUT2D eigenvalue weighted by atomic mass is 9.94. The van der Waals surface area contributed by atoms with Crippen molar-refractivity contribution in [2.45, 2.75) is 78.8 Å². The minimum atomic E-state index is -1.33. The van der Waals surface area contributed by atoms with Crippen molar-refractivity contribution in [1.29, 1.82) is 0 Å². The molecule has 2 aliphatic heterocycles. The Bertz CT molecular complexity index is 817. The summed E-state index contributed by atoms with van der Waals surface area (Å²) in [7, 11) is 0. The van der Waals surface area contributed by atoms with Crippen LogP contribution in [-0.4, -0.2) is 116 Å². The number of ether oxygens (including phenoxy) is 2. The van der Waals surface area contributed by atoms with Gasteiger partial charge in [0.2, 0.25) is 5.13 Å². The number of hydrogen-bond donors (Lipinski definition) is 4. The van der Waals surface area contributed by atoms with Crippen molar-refractivity contribution in [3.05, 3.63) is 0 Å². The molecule has 0 spiro atoms. The van der Waals surface area contributed by atoms with E-state index < -0.39 is 41.5 Å². The van der Waals surface area contributed by atoms with Crippen LogP contribution >= 0.6 is 34.9 Å². The molecular formula is C20H35N5O6S3. The molecule has 11 nitrogen and oxygen atoms in total. The Hall–Kier alpha value is -0.870. The number of aliphatic hydroxyl groups is 3. The fourth-order valence-corrected chi connectivity index (χ4v) is 6.58. The molecule has 1 aromatic rings. The highest BCUT2D eigenvalue weighted by atomic mass is 32.2. The Morgan fingerprint density at radius 2 is 1.82 bits per heavy atom. The van der Waals surface area contributed by atoms with Crippen LogP contribution in [0, 0.1) is 0 Å². The molecule has 34 heavy (non-hydrogen) atoms. The van der Waals surface area contributed by atoms with Crippen molar-refractivity contribution in [1.82, 2.24) is 15.1 Å². The van der Waals surface area contributed by atoms with Crippen molar-refractivity contribution in [3.63, 3.8) is 0 Å². The fourth-order valence-electron chi connectivity index (χ4n) is 3.68. The van der Waals surface area contributed by atoms with Crippen LogP contribution < -0.4 is 10.6 Å². The second kappa shape index (κ2) is 11.5. The standard InChI is InChI=1S/C20H35N5O6S3/c1-10(11(21)15-13(27)12(26)14(28)16(30-15)32-5)33-18-23-22-17(34-18)24-6-8-25(9-7-24)19(29)31-20(2,3)4/h10-16,26-28H,6-9,21H2,1-5H3/t10-,11+,12?,13?,14+,15+,16?/m0/s1. The molecule has 5 N–H and O–H groups in total. The van der Waals surface area contributed by atoms with E-state index in [1.165, 1.54) is 34.9 Å². The summed E-state index contributed by atoms with van der Waals surface area (Å²) in [4.78, 5) is 16.0. The molecule has 0 bridgehead atoms. The minimum Gasteiger partial charge on any atom is -0.444 e. The van der Waals surface area contributed by atoms with Gasteiger partial charge in [-0.15, -0.1) is 22.0 Å². The van der Waals surface area contributed by atoms with E-state index in [1.54, 1.807) is 11.2 Å². The highest BCUT2D eigenvalue weighted by molar-refractivity contribution is 8.01. The zero-order valence-corrected chi connectivity index (χ0v) is 22.5. The molecule has 2 aliphatic rings. The average molecular weight is 538 g/mol. The van der Waals surface area contributed by atoms with Crippen molar-refractivity contribution in [2.75, 3.05) is 37.3 Å². The Morgan fingerprint density at radius 1 is 1.18 bits per heavy atom. The van der Waals surface area contributed by atoms with Crippen LogP contribution in [0.1, 0.15) is 27.7 Å². The third kappa shape index (κ3) is 6.66. The number of thioether (sulfide) groups is 2. The van der Waals surface area contributed by atoms with Gasteiger partial charge in [0.25, 0.3) is 0 Å². The maximum Gasteiger partial charge on any atom is 0.410 e. The van der Waals surface area contributed by atoms with Crippen LogP contribution in [0.4, 0.5) is 9.93 Å². The number of hydrogen-bond acceptors (Lipinski definition) is 13. The molecule has 0 saturated carbocycles. The zero-order valence-electron chi connectivity index (χ0n) is 20.0. The van der Waals surface area contributed by atoms with Crippen molar-refractivity contribution < 1.29 is 29.6 Å². The lowest BCUT2D eigenvalue weighted by Gasteiger charge is -2.43. The van der Waals surface area contributed by atoms with Crippen LogP contribution in [-0.2, 0) is 9.47 Å². The van der Waals surface area contributed by atoms with Gasteiger partial charge in [0.05, 0.1) is 0 Å². The minimum absolute atomic E-state index is 0.200. The molecule has 1 aromatic heterocycles. The Labute approximate surface area is 212 Å². The summed E-state index contributed by atoms with van der Waals surface area (Å²) in [6, 6.07) is -0.610. The molecule has 0 radical (unpaired) electrons. The summed E-state index contributed by atoms with van der Waals surface area (Å²) >= 11 is 4.12. The first-order chi connectivity index (χ1) is 15.9. The number of aliphatic hydroxyl groups excluding tert-OH is 3. The largest absolute Gasteiger partial charge is 0.444 e. The molecular weight excluding hydrogens is 502 g/mol. The number of amides is 1. The average Bonchev–Trinajstić information content (AvgIpc) is 3.24. The van der Waals surface area contributed by atoms with Gasteiger partial charge >= 0.3 is 6.09 Å². The van der Waals surface area contributed by atoms with Crippen LogP contribution in [0.25, 0.3) is 0 Å². The van der Waals surface area contributed by atoms with Crippen LogP contribution in [0.2, 0.25) is 0 Å².